The summed E-state index contributed by atoms with van der Waals surface area (Å²) in [7, 11) is 1.60. The Morgan fingerprint density at radius 1 is 0.789 bits per heavy atom. The van der Waals surface area contributed by atoms with Gasteiger partial charge in [0.05, 0.1) is 7.11 Å². The van der Waals surface area contributed by atoms with Crippen molar-refractivity contribution in [2.75, 3.05) is 13.7 Å². The second-order valence-corrected chi connectivity index (χ2v) is 9.07. The molecule has 7 heteroatoms. The summed E-state index contributed by atoms with van der Waals surface area (Å²) in [5, 5.41) is 3.62. The molecule has 0 aromatic heterocycles. The van der Waals surface area contributed by atoms with Crippen LogP contribution in [0.5, 0.6) is 11.5 Å². The molecular weight excluding hydrogens is 500 g/mol. The van der Waals surface area contributed by atoms with Gasteiger partial charge in [0, 0.05) is 18.1 Å². The second kappa shape index (κ2) is 13.3. The third kappa shape index (κ3) is 7.37. The van der Waals surface area contributed by atoms with Gasteiger partial charge in [-0.25, -0.2) is 0 Å². The molecule has 38 heavy (non-hydrogen) atoms. The molecule has 4 aromatic rings. The van der Waals surface area contributed by atoms with E-state index in [9.17, 15) is 9.59 Å². The molecule has 1 atom stereocenters. The minimum atomic E-state index is -0.877. The number of amides is 2. The van der Waals surface area contributed by atoms with Gasteiger partial charge in [0.15, 0.2) is 6.61 Å². The molecule has 0 saturated carbocycles. The minimum Gasteiger partial charge on any atom is -0.497 e. The third-order valence-electron chi connectivity index (χ3n) is 5.99. The summed E-state index contributed by atoms with van der Waals surface area (Å²) in [6.07, 6.45) is 0. The highest BCUT2D eigenvalue weighted by Gasteiger charge is 2.31. The van der Waals surface area contributed by atoms with E-state index in [2.05, 4.69) is 5.32 Å². The smallest absolute Gasteiger partial charge is 0.261 e. The zero-order valence-electron chi connectivity index (χ0n) is 21.0. The Bertz CT molecular complexity index is 1310. The van der Waals surface area contributed by atoms with Crippen LogP contribution in [-0.2, 0) is 22.7 Å². The zero-order chi connectivity index (χ0) is 26.7. The van der Waals surface area contributed by atoms with Gasteiger partial charge in [-0.1, -0.05) is 84.4 Å². The lowest BCUT2D eigenvalue weighted by molar-refractivity contribution is -0.143. The van der Waals surface area contributed by atoms with Crippen LogP contribution in [0.3, 0.4) is 0 Å². The van der Waals surface area contributed by atoms with Gasteiger partial charge in [0.25, 0.3) is 5.91 Å². The van der Waals surface area contributed by atoms with E-state index in [4.69, 9.17) is 21.1 Å². The van der Waals surface area contributed by atoms with Crippen molar-refractivity contribution in [3.8, 4) is 11.5 Å². The van der Waals surface area contributed by atoms with Crippen molar-refractivity contribution in [3.63, 3.8) is 0 Å². The van der Waals surface area contributed by atoms with Crippen molar-refractivity contribution >= 4 is 23.4 Å². The van der Waals surface area contributed by atoms with Gasteiger partial charge < -0.3 is 19.7 Å². The first kappa shape index (κ1) is 26.8. The van der Waals surface area contributed by atoms with Crippen molar-refractivity contribution in [2.24, 2.45) is 0 Å². The fraction of sp³-hybridized carbons (Fsp3) is 0.161. The lowest BCUT2D eigenvalue weighted by atomic mass is 10.0. The summed E-state index contributed by atoms with van der Waals surface area (Å²) in [4.78, 5) is 28.9. The number of ether oxygens (including phenoxy) is 2. The summed E-state index contributed by atoms with van der Waals surface area (Å²) in [6, 6.07) is 32.2. The number of benzene rings is 4. The van der Waals surface area contributed by atoms with Crippen LogP contribution in [-0.4, -0.2) is 30.4 Å². The lowest BCUT2D eigenvalue weighted by Gasteiger charge is -2.31. The van der Waals surface area contributed by atoms with Crippen molar-refractivity contribution in [2.45, 2.75) is 19.1 Å². The van der Waals surface area contributed by atoms with Crippen LogP contribution in [0.1, 0.15) is 22.7 Å². The number of nitrogens with zero attached hydrogens (tertiary/aromatic N) is 1. The van der Waals surface area contributed by atoms with Crippen LogP contribution in [0.4, 0.5) is 0 Å². The molecule has 0 heterocycles. The first-order valence-corrected chi connectivity index (χ1v) is 12.6. The highest BCUT2D eigenvalue weighted by atomic mass is 35.5. The van der Waals surface area contributed by atoms with Crippen LogP contribution >= 0.6 is 11.6 Å². The van der Waals surface area contributed by atoms with E-state index in [0.717, 1.165) is 11.1 Å². The van der Waals surface area contributed by atoms with Gasteiger partial charge in [-0.2, -0.15) is 0 Å². The maximum Gasteiger partial charge on any atom is 0.261 e. The van der Waals surface area contributed by atoms with Crippen molar-refractivity contribution in [1.82, 2.24) is 10.2 Å². The van der Waals surface area contributed by atoms with E-state index in [1.807, 2.05) is 84.9 Å². The van der Waals surface area contributed by atoms with E-state index < -0.39 is 6.04 Å². The highest BCUT2D eigenvalue weighted by molar-refractivity contribution is 6.30. The van der Waals surface area contributed by atoms with Gasteiger partial charge in [0.1, 0.15) is 17.5 Å². The quantitative estimate of drug-likeness (QED) is 0.266. The normalized spacial score (nSPS) is 11.3. The van der Waals surface area contributed by atoms with E-state index in [1.54, 1.807) is 36.3 Å². The molecule has 0 radical (unpaired) electrons. The second-order valence-electron chi connectivity index (χ2n) is 8.63. The van der Waals surface area contributed by atoms with E-state index >= 15 is 0 Å². The number of nitrogens with one attached hydrogen (secondary N) is 1. The van der Waals surface area contributed by atoms with Gasteiger partial charge >= 0.3 is 0 Å². The average molecular weight is 529 g/mol. The maximum absolute atomic E-state index is 13.7. The van der Waals surface area contributed by atoms with Crippen LogP contribution in [0.2, 0.25) is 5.02 Å². The number of hydrogen-bond donors (Lipinski definition) is 1. The molecule has 0 bridgehead atoms. The monoisotopic (exact) mass is 528 g/mol. The molecule has 0 aliphatic heterocycles. The molecule has 1 N–H and O–H groups in total. The van der Waals surface area contributed by atoms with E-state index in [1.165, 1.54) is 0 Å². The zero-order valence-corrected chi connectivity index (χ0v) is 21.8. The number of halogens is 1. The molecule has 4 aromatic carbocycles. The van der Waals surface area contributed by atoms with Crippen LogP contribution in [0.15, 0.2) is 109 Å². The van der Waals surface area contributed by atoms with Gasteiger partial charge in [-0.15, -0.1) is 0 Å². The Hall–Kier alpha value is -4.29. The molecule has 194 valence electrons. The minimum absolute atomic E-state index is 0.203. The fourth-order valence-electron chi connectivity index (χ4n) is 3.99. The number of carbonyl (C=O) groups excluding carboxylic acids is 2. The van der Waals surface area contributed by atoms with Crippen LogP contribution in [0.25, 0.3) is 0 Å². The first-order valence-electron chi connectivity index (χ1n) is 12.2. The number of para-hydroxylation sites is 1. The molecule has 0 fully saturated rings. The molecular formula is C31H29ClN2O4. The largest absolute Gasteiger partial charge is 0.497 e. The van der Waals surface area contributed by atoms with Gasteiger partial charge in [0.2, 0.25) is 5.91 Å². The Balaban J connectivity index is 1.62. The number of carbonyl (C=O) groups is 2. The van der Waals surface area contributed by atoms with Gasteiger partial charge in [-0.3, -0.25) is 9.59 Å². The summed E-state index contributed by atoms with van der Waals surface area (Å²) in [5.74, 6) is 0.668. The summed E-state index contributed by atoms with van der Waals surface area (Å²) in [5.41, 5.74) is 2.45. The molecule has 0 saturated heterocycles. The molecule has 4 rings (SSSR count). The summed E-state index contributed by atoms with van der Waals surface area (Å²) < 4.78 is 11.0. The Kier molecular flexibility index (Phi) is 9.37. The molecule has 6 nitrogen and oxygen atoms in total. The standard InChI is InChI=1S/C31H29ClN2O4/c1-37-27-18-14-24(15-19-27)21-34(29(35)22-38-28-10-6-3-7-11-28)30(25-8-4-2-5-9-25)31(36)33-20-23-12-16-26(32)17-13-23/h2-19,30H,20-22H2,1H3,(H,33,36)/t30-/m0/s1. The van der Waals surface area contributed by atoms with E-state index in [-0.39, 0.29) is 25.0 Å². The van der Waals surface area contributed by atoms with Crippen molar-refractivity contribution < 1.29 is 19.1 Å². The topological polar surface area (TPSA) is 67.9 Å². The molecule has 0 unspecified atom stereocenters. The highest BCUT2D eigenvalue weighted by Crippen LogP contribution is 2.25. The molecule has 0 spiro atoms. The molecule has 2 amide bonds. The Morgan fingerprint density at radius 3 is 2.03 bits per heavy atom. The third-order valence-corrected chi connectivity index (χ3v) is 6.25. The van der Waals surface area contributed by atoms with Crippen molar-refractivity contribution in [1.29, 1.82) is 0 Å². The maximum atomic E-state index is 13.7. The van der Waals surface area contributed by atoms with Gasteiger partial charge in [-0.05, 0) is 53.1 Å². The summed E-state index contributed by atoms with van der Waals surface area (Å²) in [6.45, 7) is 0.285. The van der Waals surface area contributed by atoms with Crippen molar-refractivity contribution in [3.05, 3.63) is 131 Å². The van der Waals surface area contributed by atoms with E-state index in [0.29, 0.717) is 28.6 Å². The SMILES string of the molecule is COc1ccc(CN(C(=O)COc2ccccc2)[C@H](C(=O)NCc2ccc(Cl)cc2)c2ccccc2)cc1. The average Bonchev–Trinajstić information content (AvgIpc) is 2.96. The summed E-state index contributed by atoms with van der Waals surface area (Å²) >= 11 is 6.00. The Morgan fingerprint density at radius 2 is 1.39 bits per heavy atom. The predicted octanol–water partition coefficient (Wildman–Crippen LogP) is 5.81. The number of hydrogen-bond acceptors (Lipinski definition) is 4. The lowest BCUT2D eigenvalue weighted by Crippen LogP contribution is -2.45. The van der Waals surface area contributed by atoms with Crippen LogP contribution in [0, 0.1) is 0 Å². The van der Waals surface area contributed by atoms with Crippen LogP contribution < -0.4 is 14.8 Å². The fourth-order valence-corrected chi connectivity index (χ4v) is 4.12. The first-order chi connectivity index (χ1) is 18.5. The number of rotatable bonds is 11. The molecule has 0 aliphatic rings. The Labute approximate surface area is 227 Å². The number of methoxy groups -OCH3 is 1. The predicted molar refractivity (Wildman–Crippen MR) is 148 cm³/mol. The molecule has 0 aliphatic carbocycles.